The van der Waals surface area contributed by atoms with Crippen LogP contribution >= 0.6 is 0 Å². The van der Waals surface area contributed by atoms with Crippen LogP contribution in [0.3, 0.4) is 0 Å². The molecule has 104 valence electrons. The van der Waals surface area contributed by atoms with Gasteiger partial charge in [-0.1, -0.05) is 0 Å². The van der Waals surface area contributed by atoms with E-state index in [1.807, 2.05) is 6.92 Å². The minimum Gasteiger partial charge on any atom is -0.506 e. The standard InChI is InChI=1S/C15H16N2O3/c1-10-3-8-14(18)13(17-10)9-16-12-6-4-11(5-7-12)15(19)20-2/h3-8,16,18H,9H2,1-2H3. The Balaban J connectivity index is 2.04. The molecule has 0 aliphatic heterocycles. The molecule has 0 amide bonds. The topological polar surface area (TPSA) is 71.5 Å². The Kier molecular flexibility index (Phi) is 4.20. The van der Waals surface area contributed by atoms with Crippen LogP contribution < -0.4 is 5.32 Å². The van der Waals surface area contributed by atoms with Crippen molar-refractivity contribution in [2.45, 2.75) is 13.5 Å². The zero-order chi connectivity index (χ0) is 14.5. The number of benzene rings is 1. The van der Waals surface area contributed by atoms with Gasteiger partial charge in [0.2, 0.25) is 0 Å². The number of aromatic nitrogens is 1. The molecule has 0 spiro atoms. The minimum absolute atomic E-state index is 0.161. The minimum atomic E-state index is -0.366. The van der Waals surface area contributed by atoms with Crippen molar-refractivity contribution in [2.75, 3.05) is 12.4 Å². The molecule has 2 N–H and O–H groups in total. The van der Waals surface area contributed by atoms with Crippen molar-refractivity contribution in [3.8, 4) is 5.75 Å². The highest BCUT2D eigenvalue weighted by molar-refractivity contribution is 5.89. The maximum absolute atomic E-state index is 11.3. The molecule has 0 fully saturated rings. The summed E-state index contributed by atoms with van der Waals surface area (Å²) in [6.07, 6.45) is 0. The van der Waals surface area contributed by atoms with Crippen LogP contribution in [-0.2, 0) is 11.3 Å². The van der Waals surface area contributed by atoms with Crippen LogP contribution in [0.2, 0.25) is 0 Å². The molecule has 5 heteroatoms. The Bertz CT molecular complexity index is 609. The maximum Gasteiger partial charge on any atom is 0.337 e. The molecule has 0 saturated heterocycles. The van der Waals surface area contributed by atoms with E-state index in [0.717, 1.165) is 11.4 Å². The first kappa shape index (κ1) is 13.9. The van der Waals surface area contributed by atoms with Gasteiger partial charge in [-0.25, -0.2) is 4.79 Å². The number of hydrogen-bond donors (Lipinski definition) is 2. The van der Waals surface area contributed by atoms with Crippen LogP contribution in [0.15, 0.2) is 36.4 Å². The van der Waals surface area contributed by atoms with Crippen molar-refractivity contribution in [3.63, 3.8) is 0 Å². The Morgan fingerprint density at radius 2 is 1.95 bits per heavy atom. The number of rotatable bonds is 4. The number of carbonyl (C=O) groups is 1. The molecule has 0 unspecified atom stereocenters. The second-order valence-corrected chi connectivity index (χ2v) is 4.34. The Labute approximate surface area is 117 Å². The number of nitrogens with one attached hydrogen (secondary N) is 1. The quantitative estimate of drug-likeness (QED) is 0.837. The lowest BCUT2D eigenvalue weighted by Gasteiger charge is -2.08. The highest BCUT2D eigenvalue weighted by Crippen LogP contribution is 2.17. The first-order valence-electron chi connectivity index (χ1n) is 6.18. The second kappa shape index (κ2) is 6.06. The highest BCUT2D eigenvalue weighted by Gasteiger charge is 2.05. The van der Waals surface area contributed by atoms with E-state index in [1.54, 1.807) is 36.4 Å². The van der Waals surface area contributed by atoms with Gasteiger partial charge in [0, 0.05) is 11.4 Å². The lowest BCUT2D eigenvalue weighted by molar-refractivity contribution is 0.0601. The first-order valence-corrected chi connectivity index (χ1v) is 6.18. The number of aryl methyl sites for hydroxylation is 1. The number of esters is 1. The summed E-state index contributed by atoms with van der Waals surface area (Å²) in [6, 6.07) is 10.3. The molecule has 1 heterocycles. The van der Waals surface area contributed by atoms with Crippen molar-refractivity contribution in [3.05, 3.63) is 53.3 Å². The van der Waals surface area contributed by atoms with Gasteiger partial charge in [-0.3, -0.25) is 4.98 Å². The van der Waals surface area contributed by atoms with Crippen molar-refractivity contribution < 1.29 is 14.6 Å². The summed E-state index contributed by atoms with van der Waals surface area (Å²) in [5.74, 6) is -0.205. The van der Waals surface area contributed by atoms with E-state index >= 15 is 0 Å². The Hall–Kier alpha value is -2.56. The predicted molar refractivity (Wildman–Crippen MR) is 75.7 cm³/mol. The van der Waals surface area contributed by atoms with E-state index in [0.29, 0.717) is 17.8 Å². The fraction of sp³-hybridized carbons (Fsp3) is 0.200. The molecule has 0 aliphatic rings. The zero-order valence-corrected chi connectivity index (χ0v) is 11.4. The summed E-state index contributed by atoms with van der Waals surface area (Å²) in [6.45, 7) is 2.28. The summed E-state index contributed by atoms with van der Waals surface area (Å²) in [5.41, 5.74) is 2.76. The smallest absolute Gasteiger partial charge is 0.337 e. The summed E-state index contributed by atoms with van der Waals surface area (Å²) < 4.78 is 4.63. The van der Waals surface area contributed by atoms with E-state index in [1.165, 1.54) is 7.11 Å². The molecule has 5 nitrogen and oxygen atoms in total. The first-order chi connectivity index (χ1) is 9.60. The normalized spacial score (nSPS) is 10.1. The Morgan fingerprint density at radius 3 is 2.60 bits per heavy atom. The van der Waals surface area contributed by atoms with Crippen LogP contribution in [0.4, 0.5) is 5.69 Å². The fourth-order valence-corrected chi connectivity index (χ4v) is 1.76. The third-order valence-corrected chi connectivity index (χ3v) is 2.86. The molecule has 0 saturated carbocycles. The number of nitrogens with zero attached hydrogens (tertiary/aromatic N) is 1. The van der Waals surface area contributed by atoms with Crippen LogP contribution in [0.5, 0.6) is 5.75 Å². The van der Waals surface area contributed by atoms with Gasteiger partial charge in [-0.15, -0.1) is 0 Å². The monoisotopic (exact) mass is 272 g/mol. The van der Waals surface area contributed by atoms with Crippen molar-refractivity contribution >= 4 is 11.7 Å². The SMILES string of the molecule is COC(=O)c1ccc(NCc2nc(C)ccc2O)cc1. The largest absolute Gasteiger partial charge is 0.506 e. The van der Waals surface area contributed by atoms with Gasteiger partial charge in [0.05, 0.1) is 19.2 Å². The van der Waals surface area contributed by atoms with Gasteiger partial charge < -0.3 is 15.2 Å². The number of ether oxygens (including phenoxy) is 1. The molecule has 0 atom stereocenters. The van der Waals surface area contributed by atoms with Crippen LogP contribution in [0.25, 0.3) is 0 Å². The van der Waals surface area contributed by atoms with Crippen LogP contribution in [0, 0.1) is 6.92 Å². The number of hydrogen-bond acceptors (Lipinski definition) is 5. The van der Waals surface area contributed by atoms with Gasteiger partial charge in [0.25, 0.3) is 0 Å². The van der Waals surface area contributed by atoms with Crippen LogP contribution in [0.1, 0.15) is 21.7 Å². The van der Waals surface area contributed by atoms with Gasteiger partial charge in [0.15, 0.2) is 0 Å². The molecule has 2 rings (SSSR count). The van der Waals surface area contributed by atoms with Crippen molar-refractivity contribution in [2.24, 2.45) is 0 Å². The third-order valence-electron chi connectivity index (χ3n) is 2.86. The number of methoxy groups -OCH3 is 1. The van der Waals surface area contributed by atoms with Crippen molar-refractivity contribution in [1.29, 1.82) is 0 Å². The third kappa shape index (κ3) is 3.26. The summed E-state index contributed by atoms with van der Waals surface area (Å²) in [7, 11) is 1.35. The number of aromatic hydroxyl groups is 1. The van der Waals surface area contributed by atoms with E-state index < -0.39 is 0 Å². The Morgan fingerprint density at radius 1 is 1.25 bits per heavy atom. The molecule has 1 aromatic carbocycles. The zero-order valence-electron chi connectivity index (χ0n) is 11.4. The fourth-order valence-electron chi connectivity index (χ4n) is 1.76. The number of carbonyl (C=O) groups excluding carboxylic acids is 1. The van der Waals surface area contributed by atoms with E-state index in [2.05, 4.69) is 15.0 Å². The molecular weight excluding hydrogens is 256 g/mol. The molecule has 0 radical (unpaired) electrons. The number of anilines is 1. The molecule has 1 aromatic heterocycles. The average Bonchev–Trinajstić information content (AvgIpc) is 2.48. The number of pyridine rings is 1. The lowest BCUT2D eigenvalue weighted by atomic mass is 10.2. The van der Waals surface area contributed by atoms with E-state index in [4.69, 9.17) is 0 Å². The molecule has 0 bridgehead atoms. The predicted octanol–water partition coefficient (Wildman–Crippen LogP) is 2.49. The maximum atomic E-state index is 11.3. The average molecular weight is 272 g/mol. The summed E-state index contributed by atoms with van der Waals surface area (Å²) in [4.78, 5) is 15.6. The lowest BCUT2D eigenvalue weighted by Crippen LogP contribution is -2.04. The molecular formula is C15H16N2O3. The summed E-state index contributed by atoms with van der Waals surface area (Å²) in [5, 5.41) is 12.8. The van der Waals surface area contributed by atoms with Crippen LogP contribution in [-0.4, -0.2) is 23.2 Å². The van der Waals surface area contributed by atoms with Gasteiger partial charge in [-0.05, 0) is 43.3 Å². The summed E-state index contributed by atoms with van der Waals surface area (Å²) >= 11 is 0. The van der Waals surface area contributed by atoms with Gasteiger partial charge in [-0.2, -0.15) is 0 Å². The second-order valence-electron chi connectivity index (χ2n) is 4.34. The molecule has 2 aromatic rings. The highest BCUT2D eigenvalue weighted by atomic mass is 16.5. The van der Waals surface area contributed by atoms with Gasteiger partial charge in [0.1, 0.15) is 11.4 Å². The molecule has 20 heavy (non-hydrogen) atoms. The van der Waals surface area contributed by atoms with E-state index in [9.17, 15) is 9.90 Å². The van der Waals surface area contributed by atoms with E-state index in [-0.39, 0.29) is 11.7 Å². The molecule has 0 aliphatic carbocycles. The van der Waals surface area contributed by atoms with Crippen molar-refractivity contribution in [1.82, 2.24) is 4.98 Å². The van der Waals surface area contributed by atoms with Gasteiger partial charge >= 0.3 is 5.97 Å².